The number of fused-ring (bicyclic) bond motifs is 1. The molecule has 1 saturated heterocycles. The smallest absolute Gasteiger partial charge is 0.339 e. The van der Waals surface area contributed by atoms with E-state index < -0.39 is 0 Å². The van der Waals surface area contributed by atoms with Gasteiger partial charge in [-0.1, -0.05) is 5.18 Å². The third-order valence-corrected chi connectivity index (χ3v) is 5.02. The molecule has 0 amide bonds. The van der Waals surface area contributed by atoms with Crippen LogP contribution >= 0.6 is 0 Å². The highest BCUT2D eigenvalue weighted by molar-refractivity contribution is 5.82. The van der Waals surface area contributed by atoms with E-state index in [9.17, 15) is 9.70 Å². The summed E-state index contributed by atoms with van der Waals surface area (Å²) in [6.45, 7) is 7.11. The van der Waals surface area contributed by atoms with Crippen LogP contribution in [0.1, 0.15) is 30.4 Å². The maximum atomic E-state index is 11.8. The highest BCUT2D eigenvalue weighted by Gasteiger charge is 2.18. The minimum absolute atomic E-state index is 0.00755. The van der Waals surface area contributed by atoms with E-state index in [0.717, 1.165) is 49.8 Å². The maximum Gasteiger partial charge on any atom is 0.339 e. The molecule has 25 heavy (non-hydrogen) atoms. The fourth-order valence-electron chi connectivity index (χ4n) is 3.24. The number of nitrogens with zero attached hydrogens (tertiary/aromatic N) is 2. The Labute approximate surface area is 146 Å². The molecule has 6 heteroatoms. The van der Waals surface area contributed by atoms with E-state index in [0.29, 0.717) is 23.5 Å². The molecular formula is C19H24N2O4. The van der Waals surface area contributed by atoms with Crippen molar-refractivity contribution < 1.29 is 9.15 Å². The molecule has 0 unspecified atom stereocenters. The van der Waals surface area contributed by atoms with Gasteiger partial charge in [-0.15, -0.1) is 0 Å². The van der Waals surface area contributed by atoms with Gasteiger partial charge in [-0.2, -0.15) is 4.91 Å². The third-order valence-electron chi connectivity index (χ3n) is 5.02. The van der Waals surface area contributed by atoms with Crippen molar-refractivity contribution in [1.29, 1.82) is 0 Å². The van der Waals surface area contributed by atoms with E-state index in [1.54, 1.807) is 13.0 Å². The molecule has 1 aromatic carbocycles. The molecule has 134 valence electrons. The highest BCUT2D eigenvalue weighted by atomic mass is 16.5. The van der Waals surface area contributed by atoms with Crippen molar-refractivity contribution in [1.82, 2.24) is 4.90 Å². The Hall–Kier alpha value is -2.21. The first-order valence-electron chi connectivity index (χ1n) is 8.80. The lowest BCUT2D eigenvalue weighted by atomic mass is 10.1. The molecule has 0 bridgehead atoms. The molecule has 2 aromatic rings. The van der Waals surface area contributed by atoms with Gasteiger partial charge in [0.15, 0.2) is 0 Å². The average Bonchev–Trinajstić information content (AvgIpc) is 2.64. The van der Waals surface area contributed by atoms with Gasteiger partial charge in [0.25, 0.3) is 0 Å². The molecule has 0 N–H and O–H groups in total. The van der Waals surface area contributed by atoms with Crippen LogP contribution in [0.2, 0.25) is 0 Å². The first-order valence-corrected chi connectivity index (χ1v) is 8.80. The fraction of sp³-hybridized carbons (Fsp3) is 0.526. The quantitative estimate of drug-likeness (QED) is 0.456. The van der Waals surface area contributed by atoms with Crippen LogP contribution in [0.4, 0.5) is 0 Å². The molecule has 0 atom stereocenters. The zero-order valence-electron chi connectivity index (χ0n) is 14.8. The molecule has 2 heterocycles. The van der Waals surface area contributed by atoms with Crippen molar-refractivity contribution in [3.8, 4) is 5.75 Å². The van der Waals surface area contributed by atoms with Crippen molar-refractivity contribution in [3.63, 3.8) is 0 Å². The monoisotopic (exact) mass is 344 g/mol. The van der Waals surface area contributed by atoms with Crippen LogP contribution in [0.5, 0.6) is 5.75 Å². The van der Waals surface area contributed by atoms with Gasteiger partial charge in [-0.05, 0) is 50.8 Å². The summed E-state index contributed by atoms with van der Waals surface area (Å²) in [7, 11) is 0. The summed E-state index contributed by atoms with van der Waals surface area (Å²) < 4.78 is 11.2. The predicted molar refractivity (Wildman–Crippen MR) is 97.3 cm³/mol. The lowest BCUT2D eigenvalue weighted by molar-refractivity contribution is 0.194. The van der Waals surface area contributed by atoms with Crippen LogP contribution in [0.3, 0.4) is 0 Å². The topological polar surface area (TPSA) is 72.1 Å². The van der Waals surface area contributed by atoms with E-state index in [4.69, 9.17) is 9.15 Å². The van der Waals surface area contributed by atoms with E-state index in [1.165, 1.54) is 0 Å². The first-order chi connectivity index (χ1) is 12.1. The minimum atomic E-state index is -0.296. The van der Waals surface area contributed by atoms with Crippen LogP contribution < -0.4 is 10.4 Å². The Balaban J connectivity index is 1.53. The summed E-state index contributed by atoms with van der Waals surface area (Å²) >= 11 is 0. The van der Waals surface area contributed by atoms with Crippen molar-refractivity contribution >= 4 is 11.0 Å². The number of rotatable bonds is 6. The number of hydrogen-bond donors (Lipinski definition) is 0. The zero-order chi connectivity index (χ0) is 17.8. The summed E-state index contributed by atoms with van der Waals surface area (Å²) in [6, 6.07) is 5.62. The SMILES string of the molecule is Cc1c(C)c2ccc(OCCCN3CCC(N=O)CC3)cc2oc1=O. The number of ether oxygens (including phenoxy) is 1. The molecule has 0 radical (unpaired) electrons. The van der Waals surface area contributed by atoms with Gasteiger partial charge < -0.3 is 14.1 Å². The largest absolute Gasteiger partial charge is 0.493 e. The summed E-state index contributed by atoms with van der Waals surface area (Å²) in [5.41, 5.74) is 1.87. The Morgan fingerprint density at radius 3 is 2.72 bits per heavy atom. The first kappa shape index (κ1) is 17.6. The third kappa shape index (κ3) is 4.07. The lowest BCUT2D eigenvalue weighted by Crippen LogP contribution is -2.36. The molecule has 1 aliphatic heterocycles. The second-order valence-corrected chi connectivity index (χ2v) is 6.68. The minimum Gasteiger partial charge on any atom is -0.493 e. The second kappa shape index (κ2) is 7.78. The van der Waals surface area contributed by atoms with Crippen molar-refractivity contribution in [3.05, 3.63) is 44.7 Å². The Morgan fingerprint density at radius 1 is 1.24 bits per heavy atom. The molecule has 1 fully saturated rings. The summed E-state index contributed by atoms with van der Waals surface area (Å²) in [6.07, 6.45) is 2.62. The average molecular weight is 344 g/mol. The Morgan fingerprint density at radius 2 is 2.00 bits per heavy atom. The lowest BCUT2D eigenvalue weighted by Gasteiger charge is -2.28. The summed E-state index contributed by atoms with van der Waals surface area (Å²) in [5, 5.41) is 4.07. The van der Waals surface area contributed by atoms with Crippen LogP contribution in [0, 0.1) is 18.8 Å². The highest BCUT2D eigenvalue weighted by Crippen LogP contribution is 2.24. The van der Waals surface area contributed by atoms with E-state index in [1.807, 2.05) is 19.1 Å². The number of hydrogen-bond acceptors (Lipinski definition) is 6. The van der Waals surface area contributed by atoms with E-state index in [2.05, 4.69) is 10.1 Å². The van der Waals surface area contributed by atoms with Gasteiger partial charge >= 0.3 is 5.63 Å². The van der Waals surface area contributed by atoms with E-state index >= 15 is 0 Å². The zero-order valence-corrected chi connectivity index (χ0v) is 14.8. The maximum absolute atomic E-state index is 11.8. The number of benzene rings is 1. The van der Waals surface area contributed by atoms with Gasteiger partial charge in [0.1, 0.15) is 11.3 Å². The molecular weight excluding hydrogens is 320 g/mol. The van der Waals surface area contributed by atoms with Gasteiger partial charge in [0.2, 0.25) is 0 Å². The molecule has 0 aliphatic carbocycles. The van der Waals surface area contributed by atoms with Crippen LogP contribution in [-0.2, 0) is 0 Å². The Bertz CT molecular complexity index is 807. The van der Waals surface area contributed by atoms with Gasteiger partial charge in [0, 0.05) is 36.7 Å². The van der Waals surface area contributed by atoms with Gasteiger partial charge in [-0.3, -0.25) is 0 Å². The summed E-state index contributed by atoms with van der Waals surface area (Å²) in [4.78, 5) is 24.7. The van der Waals surface area contributed by atoms with Gasteiger partial charge in [-0.25, -0.2) is 4.79 Å². The predicted octanol–water partition coefficient (Wildman–Crippen LogP) is 3.41. The second-order valence-electron chi connectivity index (χ2n) is 6.68. The number of piperidine rings is 1. The van der Waals surface area contributed by atoms with Crippen LogP contribution in [0.25, 0.3) is 11.0 Å². The molecule has 1 aromatic heterocycles. The van der Waals surface area contributed by atoms with Crippen molar-refractivity contribution in [2.24, 2.45) is 5.18 Å². The number of likely N-dealkylation sites (tertiary alicyclic amines) is 1. The fourth-order valence-corrected chi connectivity index (χ4v) is 3.24. The number of aryl methyl sites for hydroxylation is 1. The van der Waals surface area contributed by atoms with Crippen molar-refractivity contribution in [2.75, 3.05) is 26.2 Å². The van der Waals surface area contributed by atoms with Gasteiger partial charge in [0.05, 0.1) is 12.6 Å². The summed E-state index contributed by atoms with van der Waals surface area (Å²) in [5.74, 6) is 0.711. The van der Waals surface area contributed by atoms with Crippen molar-refractivity contribution in [2.45, 2.75) is 39.2 Å². The number of nitroso groups, excluding NO2 is 1. The van der Waals surface area contributed by atoms with Crippen LogP contribution in [0.15, 0.2) is 32.6 Å². The molecule has 0 saturated carbocycles. The molecule has 3 rings (SSSR count). The normalized spacial score (nSPS) is 16.2. The standard InChI is InChI=1S/C19H24N2O4/c1-13-14(2)19(22)25-18-12-16(4-5-17(13)18)24-11-3-8-21-9-6-15(20-23)7-10-21/h4-5,12,15H,3,6-11H2,1-2H3. The van der Waals surface area contributed by atoms with E-state index in [-0.39, 0.29) is 11.7 Å². The van der Waals surface area contributed by atoms with Crippen LogP contribution in [-0.4, -0.2) is 37.2 Å². The molecule has 1 aliphatic rings. The molecule has 6 nitrogen and oxygen atoms in total. The molecule has 0 spiro atoms. The Kier molecular flexibility index (Phi) is 5.48.